The molecule has 0 fully saturated rings. The maximum Gasteiger partial charge on any atom is 0.112 e. The molecule has 4 nitrogen and oxygen atoms in total. The van der Waals surface area contributed by atoms with Gasteiger partial charge in [0.05, 0.1) is 18.0 Å². The highest BCUT2D eigenvalue weighted by Gasteiger charge is 2.11. The molecule has 92 valence electrons. The van der Waals surface area contributed by atoms with Gasteiger partial charge in [0.15, 0.2) is 0 Å². The molecule has 0 bridgehead atoms. The molecule has 0 saturated heterocycles. The first-order chi connectivity index (χ1) is 8.81. The average Bonchev–Trinajstić information content (AvgIpc) is 2.89. The van der Waals surface area contributed by atoms with Gasteiger partial charge in [-0.1, -0.05) is 18.2 Å². The summed E-state index contributed by atoms with van der Waals surface area (Å²) >= 11 is 0. The molecular formula is C14H15N3O. The highest BCUT2D eigenvalue weighted by Crippen LogP contribution is 2.16. The van der Waals surface area contributed by atoms with Gasteiger partial charge in [0.2, 0.25) is 0 Å². The molecule has 1 unspecified atom stereocenters. The summed E-state index contributed by atoms with van der Waals surface area (Å²) in [6.45, 7) is 0. The van der Waals surface area contributed by atoms with Crippen LogP contribution in [0.5, 0.6) is 0 Å². The van der Waals surface area contributed by atoms with Gasteiger partial charge in [-0.15, -0.1) is 12.3 Å². The predicted octanol–water partition coefficient (Wildman–Crippen LogP) is 2.10. The summed E-state index contributed by atoms with van der Waals surface area (Å²) in [5, 5.41) is 18.3. The van der Waals surface area contributed by atoms with Crippen molar-refractivity contribution in [2.75, 3.05) is 0 Å². The van der Waals surface area contributed by atoms with Crippen LogP contribution in [0.1, 0.15) is 31.1 Å². The highest BCUT2D eigenvalue weighted by atomic mass is 16.3. The number of aliphatic hydroxyl groups excluding tert-OH is 1. The summed E-state index contributed by atoms with van der Waals surface area (Å²) in [6, 6.07) is 9.59. The molecule has 1 heterocycles. The molecule has 1 aromatic carbocycles. The van der Waals surface area contributed by atoms with E-state index in [1.54, 1.807) is 6.20 Å². The van der Waals surface area contributed by atoms with Crippen molar-refractivity contribution in [1.82, 2.24) is 15.0 Å². The summed E-state index contributed by atoms with van der Waals surface area (Å²) < 4.78 is 0. The van der Waals surface area contributed by atoms with E-state index in [4.69, 9.17) is 6.42 Å². The molecule has 0 amide bonds. The second kappa shape index (κ2) is 5.99. The monoisotopic (exact) mass is 241 g/mol. The van der Waals surface area contributed by atoms with E-state index in [2.05, 4.69) is 16.1 Å². The Morgan fingerprint density at radius 2 is 2.11 bits per heavy atom. The summed E-state index contributed by atoms with van der Waals surface area (Å²) in [5.41, 5.74) is 1.45. The highest BCUT2D eigenvalue weighted by molar-refractivity contribution is 5.28. The van der Waals surface area contributed by atoms with E-state index in [0.29, 0.717) is 18.5 Å². The second-order valence-corrected chi connectivity index (χ2v) is 4.01. The molecule has 1 N–H and O–H groups in total. The normalized spacial score (nSPS) is 12.0. The van der Waals surface area contributed by atoms with Crippen LogP contribution in [0, 0.1) is 12.3 Å². The molecule has 0 aliphatic carbocycles. The van der Waals surface area contributed by atoms with E-state index in [-0.39, 0.29) is 0 Å². The number of para-hydroxylation sites is 1. The van der Waals surface area contributed by atoms with Gasteiger partial charge in [0.25, 0.3) is 0 Å². The Kier molecular flexibility index (Phi) is 4.11. The lowest BCUT2D eigenvalue weighted by molar-refractivity contribution is 0.160. The van der Waals surface area contributed by atoms with E-state index in [0.717, 1.165) is 12.1 Å². The van der Waals surface area contributed by atoms with Crippen LogP contribution in [-0.4, -0.2) is 20.1 Å². The van der Waals surface area contributed by atoms with Crippen LogP contribution in [0.25, 0.3) is 5.69 Å². The number of rotatable bonds is 5. The van der Waals surface area contributed by atoms with Crippen LogP contribution in [0.4, 0.5) is 0 Å². The lowest BCUT2D eigenvalue weighted by Crippen LogP contribution is -2.02. The molecule has 0 spiro atoms. The number of hydrogen-bond donors (Lipinski definition) is 1. The van der Waals surface area contributed by atoms with Crippen molar-refractivity contribution in [3.63, 3.8) is 0 Å². The van der Waals surface area contributed by atoms with Gasteiger partial charge in [0, 0.05) is 6.42 Å². The van der Waals surface area contributed by atoms with Gasteiger partial charge in [0.1, 0.15) is 5.69 Å². The van der Waals surface area contributed by atoms with Crippen LogP contribution in [0.15, 0.2) is 36.5 Å². The zero-order chi connectivity index (χ0) is 12.8. The van der Waals surface area contributed by atoms with Gasteiger partial charge < -0.3 is 5.11 Å². The number of aliphatic hydroxyl groups is 1. The average molecular weight is 241 g/mol. The smallest absolute Gasteiger partial charge is 0.112 e. The third-order valence-corrected chi connectivity index (χ3v) is 2.64. The number of aromatic nitrogens is 3. The third-order valence-electron chi connectivity index (χ3n) is 2.64. The summed E-state index contributed by atoms with van der Waals surface area (Å²) in [4.78, 5) is 1.51. The van der Waals surface area contributed by atoms with Crippen molar-refractivity contribution in [3.8, 4) is 18.0 Å². The van der Waals surface area contributed by atoms with Gasteiger partial charge in [-0.3, -0.25) is 0 Å². The van der Waals surface area contributed by atoms with Crippen LogP contribution >= 0.6 is 0 Å². The van der Waals surface area contributed by atoms with Crippen molar-refractivity contribution in [3.05, 3.63) is 42.2 Å². The number of nitrogens with zero attached hydrogens (tertiary/aromatic N) is 3. The molecule has 2 rings (SSSR count). The zero-order valence-corrected chi connectivity index (χ0v) is 10.0. The minimum Gasteiger partial charge on any atom is -0.387 e. The summed E-state index contributed by atoms with van der Waals surface area (Å²) in [5.74, 6) is 2.55. The Morgan fingerprint density at radius 1 is 1.33 bits per heavy atom. The molecule has 1 aromatic heterocycles. The van der Waals surface area contributed by atoms with Crippen LogP contribution in [-0.2, 0) is 0 Å². The molecule has 1 atom stereocenters. The Morgan fingerprint density at radius 3 is 2.83 bits per heavy atom. The molecule has 0 aliphatic rings. The fourth-order valence-corrected chi connectivity index (χ4v) is 1.66. The Labute approximate surface area is 106 Å². The number of terminal acetylenes is 1. The fourth-order valence-electron chi connectivity index (χ4n) is 1.66. The van der Waals surface area contributed by atoms with E-state index in [9.17, 15) is 5.11 Å². The maximum absolute atomic E-state index is 9.92. The largest absolute Gasteiger partial charge is 0.387 e. The zero-order valence-electron chi connectivity index (χ0n) is 10.0. The van der Waals surface area contributed by atoms with Gasteiger partial charge in [-0.2, -0.15) is 15.0 Å². The molecule has 2 aromatic rings. The SMILES string of the molecule is C#CCCCC(O)c1cnn(-c2ccccc2)n1. The van der Waals surface area contributed by atoms with Gasteiger partial charge >= 0.3 is 0 Å². The number of unbranched alkanes of at least 4 members (excludes halogenated alkanes) is 1. The predicted molar refractivity (Wildman–Crippen MR) is 69.0 cm³/mol. The third kappa shape index (κ3) is 2.96. The van der Waals surface area contributed by atoms with E-state index < -0.39 is 6.10 Å². The first-order valence-electron chi connectivity index (χ1n) is 5.90. The standard InChI is InChI=1S/C14H15N3O/c1-2-3-5-10-14(18)13-11-15-17(16-13)12-8-6-4-7-9-12/h1,4,6-9,11,14,18H,3,5,10H2. The van der Waals surface area contributed by atoms with Gasteiger partial charge in [-0.05, 0) is 25.0 Å². The Balaban J connectivity index is 2.04. The first-order valence-corrected chi connectivity index (χ1v) is 5.90. The molecule has 0 aliphatic heterocycles. The van der Waals surface area contributed by atoms with Crippen molar-refractivity contribution in [2.45, 2.75) is 25.4 Å². The summed E-state index contributed by atoms with van der Waals surface area (Å²) in [7, 11) is 0. The fraction of sp³-hybridized carbons (Fsp3) is 0.286. The number of benzene rings is 1. The van der Waals surface area contributed by atoms with E-state index >= 15 is 0 Å². The van der Waals surface area contributed by atoms with Crippen molar-refractivity contribution in [2.24, 2.45) is 0 Å². The molecule has 0 radical (unpaired) electrons. The quantitative estimate of drug-likeness (QED) is 0.644. The molecule has 4 heteroatoms. The minimum atomic E-state index is -0.601. The van der Waals surface area contributed by atoms with Gasteiger partial charge in [-0.25, -0.2) is 0 Å². The van der Waals surface area contributed by atoms with Crippen molar-refractivity contribution in [1.29, 1.82) is 0 Å². The number of hydrogen-bond acceptors (Lipinski definition) is 3. The van der Waals surface area contributed by atoms with Crippen LogP contribution in [0.2, 0.25) is 0 Å². The first kappa shape index (κ1) is 12.3. The maximum atomic E-state index is 9.92. The van der Waals surface area contributed by atoms with Crippen molar-refractivity contribution < 1.29 is 5.11 Å². The minimum absolute atomic E-state index is 0.580. The Bertz CT molecular complexity index is 527. The van der Waals surface area contributed by atoms with E-state index in [1.165, 1.54) is 4.80 Å². The van der Waals surface area contributed by atoms with Crippen LogP contribution < -0.4 is 0 Å². The Hall–Kier alpha value is -2.12. The lowest BCUT2D eigenvalue weighted by Gasteiger charge is -2.04. The second-order valence-electron chi connectivity index (χ2n) is 4.01. The van der Waals surface area contributed by atoms with Crippen LogP contribution in [0.3, 0.4) is 0 Å². The van der Waals surface area contributed by atoms with E-state index in [1.807, 2.05) is 30.3 Å². The summed E-state index contributed by atoms with van der Waals surface area (Å²) in [6.07, 6.45) is 8.23. The van der Waals surface area contributed by atoms with Crippen molar-refractivity contribution >= 4 is 0 Å². The molecular weight excluding hydrogens is 226 g/mol. The topological polar surface area (TPSA) is 50.9 Å². The molecule has 0 saturated carbocycles. The lowest BCUT2D eigenvalue weighted by atomic mass is 10.1. The molecule has 18 heavy (non-hydrogen) atoms.